The zero-order valence-electron chi connectivity index (χ0n) is 13.5. The van der Waals surface area contributed by atoms with Crippen LogP contribution in [-0.4, -0.2) is 21.6 Å². The molecule has 6 nitrogen and oxygen atoms in total. The number of carbonyl (C=O) groups is 2. The lowest BCUT2D eigenvalue weighted by molar-refractivity contribution is -0.141. The molecule has 1 aromatic heterocycles. The first-order valence-corrected chi connectivity index (χ1v) is 8.45. The summed E-state index contributed by atoms with van der Waals surface area (Å²) in [6, 6.07) is 3.57. The summed E-state index contributed by atoms with van der Waals surface area (Å²) in [4.78, 5) is 24.3. The lowest BCUT2D eigenvalue weighted by atomic mass is 10.1. The van der Waals surface area contributed by atoms with Crippen LogP contribution in [0.5, 0.6) is 0 Å². The second-order valence-corrected chi connectivity index (χ2v) is 6.97. The average Bonchev–Trinajstić information content (AvgIpc) is 3.26. The van der Waals surface area contributed by atoms with Crippen LogP contribution in [0.3, 0.4) is 0 Å². The number of hydrogen-bond acceptors (Lipinski definition) is 3. The van der Waals surface area contributed by atoms with Crippen molar-refractivity contribution in [1.82, 2.24) is 9.78 Å². The molecule has 1 fully saturated rings. The minimum atomic E-state index is -4.65. The number of aryl methyl sites for hydroxylation is 1. The Kier molecular flexibility index (Phi) is 4.55. The molecule has 1 heterocycles. The number of anilines is 1. The first-order chi connectivity index (χ1) is 12.1. The van der Waals surface area contributed by atoms with Gasteiger partial charge in [-0.1, -0.05) is 15.9 Å². The SMILES string of the molecule is Cc1cc(Br)cc(C(N)=O)c1NC(=O)c1cc(C(F)(F)F)nn1C1CC1. The molecule has 3 N–H and O–H groups in total. The molecular formula is C16H14BrF3N4O2. The van der Waals surface area contributed by atoms with Crippen LogP contribution in [0, 0.1) is 6.92 Å². The van der Waals surface area contributed by atoms with E-state index >= 15 is 0 Å². The van der Waals surface area contributed by atoms with Crippen molar-refractivity contribution in [1.29, 1.82) is 0 Å². The van der Waals surface area contributed by atoms with Crippen molar-refractivity contribution in [2.24, 2.45) is 5.73 Å². The quantitative estimate of drug-likeness (QED) is 0.775. The predicted molar refractivity (Wildman–Crippen MR) is 90.9 cm³/mol. The number of aromatic nitrogens is 2. The Balaban J connectivity index is 1.99. The van der Waals surface area contributed by atoms with Crippen LogP contribution < -0.4 is 11.1 Å². The lowest BCUT2D eigenvalue weighted by Gasteiger charge is -2.13. The van der Waals surface area contributed by atoms with Gasteiger partial charge in [-0.05, 0) is 37.5 Å². The van der Waals surface area contributed by atoms with E-state index in [2.05, 4.69) is 26.3 Å². The van der Waals surface area contributed by atoms with Gasteiger partial charge in [0.05, 0.1) is 17.3 Å². The zero-order valence-corrected chi connectivity index (χ0v) is 15.1. The van der Waals surface area contributed by atoms with Crippen molar-refractivity contribution in [3.05, 3.63) is 45.2 Å². The van der Waals surface area contributed by atoms with E-state index in [9.17, 15) is 22.8 Å². The summed E-state index contributed by atoms with van der Waals surface area (Å²) >= 11 is 3.23. The molecule has 0 atom stereocenters. The van der Waals surface area contributed by atoms with Gasteiger partial charge in [0.2, 0.25) is 0 Å². The maximum atomic E-state index is 13.0. The summed E-state index contributed by atoms with van der Waals surface area (Å²) in [5.74, 6) is -1.55. The highest BCUT2D eigenvalue weighted by molar-refractivity contribution is 9.10. The number of amides is 2. The van der Waals surface area contributed by atoms with E-state index in [0.29, 0.717) is 28.9 Å². The van der Waals surface area contributed by atoms with Crippen LogP contribution in [0.25, 0.3) is 0 Å². The number of nitrogens with zero attached hydrogens (tertiary/aromatic N) is 2. The minimum absolute atomic E-state index is 0.0544. The molecule has 1 saturated carbocycles. The number of benzene rings is 1. The largest absolute Gasteiger partial charge is 0.435 e. The van der Waals surface area contributed by atoms with Gasteiger partial charge in [-0.2, -0.15) is 18.3 Å². The third kappa shape index (κ3) is 3.59. The molecule has 0 radical (unpaired) electrons. The maximum absolute atomic E-state index is 13.0. The van der Waals surface area contributed by atoms with Gasteiger partial charge in [-0.3, -0.25) is 14.3 Å². The van der Waals surface area contributed by atoms with Crippen LogP contribution in [0.2, 0.25) is 0 Å². The van der Waals surface area contributed by atoms with E-state index in [1.807, 2.05) is 0 Å². The smallest absolute Gasteiger partial charge is 0.366 e. The Morgan fingerprint density at radius 3 is 2.50 bits per heavy atom. The van der Waals surface area contributed by atoms with Crippen LogP contribution in [0.15, 0.2) is 22.7 Å². The molecule has 2 aromatic rings. The molecule has 1 aliphatic carbocycles. The number of nitrogens with two attached hydrogens (primary N) is 1. The fraction of sp³-hybridized carbons (Fsp3) is 0.312. The summed E-state index contributed by atoms with van der Waals surface area (Å²) in [5, 5.41) is 6.03. The van der Waals surface area contributed by atoms with Crippen molar-refractivity contribution in [3.63, 3.8) is 0 Å². The first-order valence-electron chi connectivity index (χ1n) is 7.66. The van der Waals surface area contributed by atoms with Gasteiger partial charge in [-0.15, -0.1) is 0 Å². The van der Waals surface area contributed by atoms with Crippen molar-refractivity contribution in [2.45, 2.75) is 32.0 Å². The summed E-state index contributed by atoms with van der Waals surface area (Å²) in [6.07, 6.45) is -3.34. The highest BCUT2D eigenvalue weighted by Crippen LogP contribution is 2.38. The molecule has 1 aliphatic rings. The van der Waals surface area contributed by atoms with Crippen molar-refractivity contribution < 1.29 is 22.8 Å². The van der Waals surface area contributed by atoms with Gasteiger partial charge in [0.25, 0.3) is 11.8 Å². The van der Waals surface area contributed by atoms with E-state index in [0.717, 1.165) is 4.68 Å². The fourth-order valence-electron chi connectivity index (χ4n) is 2.58. The number of halogens is 4. The number of rotatable bonds is 4. The Labute approximate surface area is 154 Å². The third-order valence-electron chi connectivity index (χ3n) is 3.96. The van der Waals surface area contributed by atoms with E-state index in [1.54, 1.807) is 13.0 Å². The molecule has 1 aromatic carbocycles. The summed E-state index contributed by atoms with van der Waals surface area (Å²) < 4.78 is 40.6. The molecular weight excluding hydrogens is 417 g/mol. The second-order valence-electron chi connectivity index (χ2n) is 6.05. The van der Waals surface area contributed by atoms with Crippen molar-refractivity contribution in [3.8, 4) is 0 Å². The summed E-state index contributed by atoms with van der Waals surface area (Å²) in [6.45, 7) is 1.64. The number of carbonyl (C=O) groups excluding carboxylic acids is 2. The van der Waals surface area contributed by atoms with E-state index in [-0.39, 0.29) is 23.0 Å². The van der Waals surface area contributed by atoms with Crippen LogP contribution in [-0.2, 0) is 6.18 Å². The predicted octanol–water partition coefficient (Wildman–Crippen LogP) is 3.66. The Morgan fingerprint density at radius 1 is 1.31 bits per heavy atom. The molecule has 0 unspecified atom stereocenters. The highest BCUT2D eigenvalue weighted by atomic mass is 79.9. The average molecular weight is 431 g/mol. The van der Waals surface area contributed by atoms with Crippen LogP contribution >= 0.6 is 15.9 Å². The Bertz CT molecular complexity index is 904. The van der Waals surface area contributed by atoms with E-state index in [1.165, 1.54) is 6.07 Å². The summed E-state index contributed by atoms with van der Waals surface area (Å²) in [5.41, 5.74) is 4.75. The van der Waals surface area contributed by atoms with Gasteiger partial charge in [-0.25, -0.2) is 0 Å². The van der Waals surface area contributed by atoms with Crippen molar-refractivity contribution >= 4 is 33.4 Å². The van der Waals surface area contributed by atoms with Gasteiger partial charge < -0.3 is 11.1 Å². The molecule has 138 valence electrons. The van der Waals surface area contributed by atoms with Crippen LogP contribution in [0.1, 0.15) is 51.0 Å². The van der Waals surface area contributed by atoms with Crippen LogP contribution in [0.4, 0.5) is 18.9 Å². The van der Waals surface area contributed by atoms with E-state index in [4.69, 9.17) is 5.73 Å². The van der Waals surface area contributed by atoms with Gasteiger partial charge >= 0.3 is 6.18 Å². The number of hydrogen-bond donors (Lipinski definition) is 2. The molecule has 26 heavy (non-hydrogen) atoms. The second kappa shape index (κ2) is 6.42. The highest BCUT2D eigenvalue weighted by Gasteiger charge is 2.38. The van der Waals surface area contributed by atoms with Gasteiger partial charge in [0, 0.05) is 10.5 Å². The van der Waals surface area contributed by atoms with Gasteiger partial charge in [0.1, 0.15) is 5.69 Å². The molecule has 0 spiro atoms. The number of alkyl halides is 3. The Hall–Kier alpha value is -2.36. The molecule has 0 bridgehead atoms. The maximum Gasteiger partial charge on any atom is 0.435 e. The molecule has 2 amide bonds. The first kappa shape index (κ1) is 18.4. The monoisotopic (exact) mass is 430 g/mol. The van der Waals surface area contributed by atoms with Gasteiger partial charge in [0.15, 0.2) is 5.69 Å². The molecule has 3 rings (SSSR count). The lowest BCUT2D eigenvalue weighted by Crippen LogP contribution is -2.21. The normalized spacial score (nSPS) is 14.3. The molecule has 0 saturated heterocycles. The molecule has 0 aliphatic heterocycles. The molecule has 10 heteroatoms. The zero-order chi connectivity index (χ0) is 19.2. The topological polar surface area (TPSA) is 90.0 Å². The number of nitrogens with one attached hydrogen (secondary N) is 1. The fourth-order valence-corrected chi connectivity index (χ4v) is 3.15. The summed E-state index contributed by atoms with van der Waals surface area (Å²) in [7, 11) is 0. The van der Waals surface area contributed by atoms with Crippen molar-refractivity contribution in [2.75, 3.05) is 5.32 Å². The standard InChI is InChI=1S/C16H14BrF3N4O2/c1-7-4-8(17)5-10(14(21)25)13(7)22-15(26)11-6-12(16(18,19)20)23-24(11)9-2-3-9/h4-6,9H,2-3H2,1H3,(H2,21,25)(H,22,26). The number of primary amides is 1. The minimum Gasteiger partial charge on any atom is -0.366 e. The Morgan fingerprint density at radius 2 is 1.96 bits per heavy atom. The van der Waals surface area contributed by atoms with E-state index < -0.39 is 23.7 Å². The third-order valence-corrected chi connectivity index (χ3v) is 4.41.